The van der Waals surface area contributed by atoms with E-state index in [0.717, 1.165) is 11.1 Å². The van der Waals surface area contributed by atoms with E-state index in [1.807, 2.05) is 37.3 Å². The van der Waals surface area contributed by atoms with Gasteiger partial charge in [-0.3, -0.25) is 4.79 Å². The van der Waals surface area contributed by atoms with Gasteiger partial charge in [-0.1, -0.05) is 60.2 Å². The fourth-order valence-corrected chi connectivity index (χ4v) is 1.95. The molecule has 0 saturated heterocycles. The predicted octanol–water partition coefficient (Wildman–Crippen LogP) is 3.82. The van der Waals surface area contributed by atoms with Crippen molar-refractivity contribution in [3.05, 3.63) is 77.4 Å². The first-order valence-corrected chi connectivity index (χ1v) is 7.11. The monoisotopic (exact) mass is 294 g/mol. The number of carbonyl (C=O) groups excluding carboxylic acids is 2. The van der Waals surface area contributed by atoms with Gasteiger partial charge in [-0.2, -0.15) is 0 Å². The second-order valence-electron chi connectivity index (χ2n) is 5.05. The largest absolute Gasteiger partial charge is 0.451 e. The average Bonchev–Trinajstić information content (AvgIpc) is 2.54. The number of carbonyl (C=O) groups is 2. The molecule has 2 aromatic rings. The Hall–Kier alpha value is -2.68. The molecule has 0 spiro atoms. The molecule has 0 N–H and O–H groups in total. The minimum absolute atomic E-state index is 0.210. The van der Waals surface area contributed by atoms with Crippen molar-refractivity contribution in [2.24, 2.45) is 0 Å². The molecule has 2 rings (SSSR count). The molecule has 0 aliphatic carbocycles. The Kier molecular flexibility index (Phi) is 5.26. The van der Waals surface area contributed by atoms with Gasteiger partial charge in [0, 0.05) is 11.6 Å². The zero-order valence-corrected chi connectivity index (χ0v) is 12.7. The van der Waals surface area contributed by atoms with Crippen molar-refractivity contribution in [3.8, 4) is 0 Å². The van der Waals surface area contributed by atoms with Crippen LogP contribution in [0, 0.1) is 6.92 Å². The van der Waals surface area contributed by atoms with Crippen molar-refractivity contribution >= 4 is 17.8 Å². The van der Waals surface area contributed by atoms with Crippen molar-refractivity contribution in [3.63, 3.8) is 0 Å². The van der Waals surface area contributed by atoms with E-state index >= 15 is 0 Å². The molecular formula is C19H18O3. The average molecular weight is 294 g/mol. The molecule has 3 heteroatoms. The van der Waals surface area contributed by atoms with Crippen LogP contribution in [0.2, 0.25) is 0 Å². The molecule has 0 aromatic heterocycles. The number of hydrogen-bond acceptors (Lipinski definition) is 3. The molecule has 0 saturated carbocycles. The van der Waals surface area contributed by atoms with Crippen LogP contribution < -0.4 is 0 Å². The minimum atomic E-state index is -0.808. The van der Waals surface area contributed by atoms with Gasteiger partial charge < -0.3 is 4.74 Å². The van der Waals surface area contributed by atoms with Crippen LogP contribution in [-0.2, 0) is 9.53 Å². The SMILES string of the molecule is Cc1ccc(/C=C/C(=O)O[C@H](C)C(=O)c2ccccc2)cc1. The number of esters is 1. The Labute approximate surface area is 130 Å². The second-order valence-corrected chi connectivity index (χ2v) is 5.05. The number of hydrogen-bond donors (Lipinski definition) is 0. The zero-order chi connectivity index (χ0) is 15.9. The van der Waals surface area contributed by atoms with E-state index in [9.17, 15) is 9.59 Å². The highest BCUT2D eigenvalue weighted by molar-refractivity contribution is 6.00. The summed E-state index contributed by atoms with van der Waals surface area (Å²) in [7, 11) is 0. The van der Waals surface area contributed by atoms with E-state index < -0.39 is 12.1 Å². The molecule has 112 valence electrons. The predicted molar refractivity (Wildman–Crippen MR) is 86.5 cm³/mol. The Balaban J connectivity index is 1.94. The fraction of sp³-hybridized carbons (Fsp3) is 0.158. The molecule has 0 radical (unpaired) electrons. The molecule has 0 unspecified atom stereocenters. The van der Waals surface area contributed by atoms with Crippen molar-refractivity contribution in [2.75, 3.05) is 0 Å². The lowest BCUT2D eigenvalue weighted by Gasteiger charge is -2.10. The number of aryl methyl sites for hydroxylation is 1. The van der Waals surface area contributed by atoms with Crippen LogP contribution >= 0.6 is 0 Å². The van der Waals surface area contributed by atoms with Gasteiger partial charge in [-0.05, 0) is 25.5 Å². The fourth-order valence-electron chi connectivity index (χ4n) is 1.95. The number of benzene rings is 2. The van der Waals surface area contributed by atoms with Gasteiger partial charge in [-0.25, -0.2) is 4.79 Å². The van der Waals surface area contributed by atoms with Gasteiger partial charge in [0.25, 0.3) is 0 Å². The van der Waals surface area contributed by atoms with Crippen molar-refractivity contribution in [1.29, 1.82) is 0 Å². The molecular weight excluding hydrogens is 276 g/mol. The maximum Gasteiger partial charge on any atom is 0.331 e. The smallest absolute Gasteiger partial charge is 0.331 e. The molecule has 0 aliphatic heterocycles. The standard InChI is InChI=1S/C19H18O3/c1-14-8-10-16(11-9-14)12-13-18(20)22-15(2)19(21)17-6-4-3-5-7-17/h3-13,15H,1-2H3/b13-12+/t15-/m1/s1. The lowest BCUT2D eigenvalue weighted by Crippen LogP contribution is -2.23. The van der Waals surface area contributed by atoms with E-state index in [4.69, 9.17) is 4.74 Å². The van der Waals surface area contributed by atoms with Crippen LogP contribution in [0.15, 0.2) is 60.7 Å². The molecule has 1 atom stereocenters. The van der Waals surface area contributed by atoms with Crippen molar-refractivity contribution in [1.82, 2.24) is 0 Å². The highest BCUT2D eigenvalue weighted by atomic mass is 16.5. The third kappa shape index (κ3) is 4.42. The molecule has 2 aromatic carbocycles. The van der Waals surface area contributed by atoms with E-state index in [1.165, 1.54) is 6.08 Å². The Bertz CT molecular complexity index is 670. The summed E-state index contributed by atoms with van der Waals surface area (Å²) in [6.07, 6.45) is 2.19. The molecule has 0 aliphatic rings. The van der Waals surface area contributed by atoms with Crippen molar-refractivity contribution < 1.29 is 14.3 Å². The minimum Gasteiger partial charge on any atom is -0.451 e. The molecule has 0 bridgehead atoms. The van der Waals surface area contributed by atoms with E-state index in [0.29, 0.717) is 5.56 Å². The van der Waals surface area contributed by atoms with Crippen LogP contribution in [0.5, 0.6) is 0 Å². The van der Waals surface area contributed by atoms with Gasteiger partial charge in [0.15, 0.2) is 6.10 Å². The normalized spacial score (nSPS) is 12.1. The second kappa shape index (κ2) is 7.36. The van der Waals surface area contributed by atoms with Crippen LogP contribution in [0.3, 0.4) is 0 Å². The van der Waals surface area contributed by atoms with E-state index in [2.05, 4.69) is 0 Å². The van der Waals surface area contributed by atoms with Crippen LogP contribution in [-0.4, -0.2) is 17.9 Å². The topological polar surface area (TPSA) is 43.4 Å². The molecule has 22 heavy (non-hydrogen) atoms. The first kappa shape index (κ1) is 15.7. The third-order valence-corrected chi connectivity index (χ3v) is 3.21. The highest BCUT2D eigenvalue weighted by Crippen LogP contribution is 2.08. The van der Waals surface area contributed by atoms with Gasteiger partial charge in [0.1, 0.15) is 0 Å². The van der Waals surface area contributed by atoms with Gasteiger partial charge >= 0.3 is 5.97 Å². The first-order valence-electron chi connectivity index (χ1n) is 7.11. The summed E-state index contributed by atoms with van der Waals surface area (Å²) >= 11 is 0. The molecule has 0 fully saturated rings. The van der Waals surface area contributed by atoms with Crippen LogP contribution in [0.4, 0.5) is 0 Å². The Morgan fingerprint density at radius 2 is 1.64 bits per heavy atom. The highest BCUT2D eigenvalue weighted by Gasteiger charge is 2.17. The Morgan fingerprint density at radius 1 is 1.00 bits per heavy atom. The summed E-state index contributed by atoms with van der Waals surface area (Å²) in [5, 5.41) is 0. The van der Waals surface area contributed by atoms with Gasteiger partial charge in [0.2, 0.25) is 5.78 Å². The number of rotatable bonds is 5. The van der Waals surface area contributed by atoms with E-state index in [1.54, 1.807) is 37.3 Å². The van der Waals surface area contributed by atoms with Crippen molar-refractivity contribution in [2.45, 2.75) is 20.0 Å². The lowest BCUT2D eigenvalue weighted by molar-refractivity contribution is -0.140. The summed E-state index contributed by atoms with van der Waals surface area (Å²) in [4.78, 5) is 23.9. The number of ketones is 1. The summed E-state index contributed by atoms with van der Waals surface area (Å²) in [6.45, 7) is 3.57. The Morgan fingerprint density at radius 3 is 2.27 bits per heavy atom. The van der Waals surface area contributed by atoms with E-state index in [-0.39, 0.29) is 5.78 Å². The third-order valence-electron chi connectivity index (χ3n) is 3.21. The summed E-state index contributed by atoms with van der Waals surface area (Å²) < 4.78 is 5.14. The zero-order valence-electron chi connectivity index (χ0n) is 12.7. The number of ether oxygens (including phenoxy) is 1. The van der Waals surface area contributed by atoms with Crippen LogP contribution in [0.1, 0.15) is 28.4 Å². The first-order chi connectivity index (χ1) is 10.6. The van der Waals surface area contributed by atoms with Gasteiger partial charge in [0.05, 0.1) is 0 Å². The van der Waals surface area contributed by atoms with Crippen LogP contribution in [0.25, 0.3) is 6.08 Å². The molecule has 0 heterocycles. The number of Topliss-reactive ketones (excluding diaryl/α,β-unsaturated/α-hetero) is 1. The maximum atomic E-state index is 12.1. The quantitative estimate of drug-likeness (QED) is 0.478. The summed E-state index contributed by atoms with van der Waals surface area (Å²) in [5.74, 6) is -0.741. The lowest BCUT2D eigenvalue weighted by atomic mass is 10.1. The summed E-state index contributed by atoms with van der Waals surface area (Å²) in [5.41, 5.74) is 2.59. The maximum absolute atomic E-state index is 12.1. The van der Waals surface area contributed by atoms with Gasteiger partial charge in [-0.15, -0.1) is 0 Å². The summed E-state index contributed by atoms with van der Waals surface area (Å²) in [6, 6.07) is 16.5. The molecule has 3 nitrogen and oxygen atoms in total. The molecule has 0 amide bonds.